The number of aliphatic carboxylic acids is 2. The minimum atomic E-state index is -1.60. The van der Waals surface area contributed by atoms with E-state index in [0.717, 1.165) is 0 Å². The van der Waals surface area contributed by atoms with Gasteiger partial charge in [0.25, 0.3) is 0 Å². The third-order valence-corrected chi connectivity index (χ3v) is 5.88. The van der Waals surface area contributed by atoms with Crippen LogP contribution in [0.1, 0.15) is 65.7 Å². The monoisotopic (exact) mass is 559 g/mol. The maximum Gasteiger partial charge on any atom is 0.326 e. The lowest BCUT2D eigenvalue weighted by atomic mass is 10.0. The second-order valence-electron chi connectivity index (χ2n) is 9.69. The van der Waals surface area contributed by atoms with Gasteiger partial charge in [0.15, 0.2) is 0 Å². The summed E-state index contributed by atoms with van der Waals surface area (Å²) in [4.78, 5) is 73.6. The first-order valence-electron chi connectivity index (χ1n) is 13.1. The fourth-order valence-corrected chi connectivity index (χ4v) is 3.51. The number of hydrogen-bond donors (Lipinski definition) is 9. The Kier molecular flexibility index (Phi) is 17.3. The average molecular weight is 560 g/mol. The van der Waals surface area contributed by atoms with E-state index in [4.69, 9.17) is 17.2 Å². The molecule has 0 unspecified atom stereocenters. The number of amides is 4. The predicted molar refractivity (Wildman–Crippen MR) is 142 cm³/mol. The van der Waals surface area contributed by atoms with Crippen LogP contribution in [0.15, 0.2) is 0 Å². The van der Waals surface area contributed by atoms with Gasteiger partial charge < -0.3 is 48.7 Å². The molecule has 0 aromatic carbocycles. The van der Waals surface area contributed by atoms with Crippen molar-refractivity contribution in [2.45, 2.75) is 95.9 Å². The van der Waals surface area contributed by atoms with Crippen LogP contribution >= 0.6 is 0 Å². The third kappa shape index (κ3) is 14.4. The van der Waals surface area contributed by atoms with Crippen molar-refractivity contribution in [3.05, 3.63) is 0 Å². The number of nitrogens with one attached hydrogen (secondary N) is 4. The summed E-state index contributed by atoms with van der Waals surface area (Å²) in [5, 5.41) is 28.2. The highest BCUT2D eigenvalue weighted by molar-refractivity contribution is 5.96. The van der Waals surface area contributed by atoms with Crippen LogP contribution in [0.4, 0.5) is 0 Å². The lowest BCUT2D eigenvalue weighted by Gasteiger charge is -2.27. The van der Waals surface area contributed by atoms with Gasteiger partial charge in [0.05, 0.1) is 12.5 Å². The van der Waals surface area contributed by atoms with Crippen LogP contribution in [0.2, 0.25) is 0 Å². The van der Waals surface area contributed by atoms with Gasteiger partial charge in [-0.25, -0.2) is 4.79 Å². The maximum absolute atomic E-state index is 13.0. The Balaban J connectivity index is 5.36. The summed E-state index contributed by atoms with van der Waals surface area (Å²) in [5.74, 6) is -6.31. The molecule has 0 heterocycles. The smallest absolute Gasteiger partial charge is 0.326 e. The van der Waals surface area contributed by atoms with Crippen LogP contribution in [-0.4, -0.2) is 89.1 Å². The van der Waals surface area contributed by atoms with Crippen LogP contribution < -0.4 is 38.5 Å². The number of carbonyl (C=O) groups excluding carboxylic acids is 4. The third-order valence-electron chi connectivity index (χ3n) is 5.88. The molecule has 15 heteroatoms. The number of nitrogens with two attached hydrogens (primary N) is 3. The van der Waals surface area contributed by atoms with E-state index in [1.807, 2.05) is 0 Å². The lowest BCUT2D eigenvalue weighted by Crippen LogP contribution is -2.59. The molecule has 0 saturated heterocycles. The molecule has 0 rings (SSSR count). The molecule has 0 spiro atoms. The van der Waals surface area contributed by atoms with Gasteiger partial charge in [0.2, 0.25) is 23.6 Å². The molecule has 4 amide bonds. The Labute approximate surface area is 228 Å². The Bertz CT molecular complexity index is 839. The molecule has 12 N–H and O–H groups in total. The van der Waals surface area contributed by atoms with E-state index in [1.165, 1.54) is 6.92 Å². The van der Waals surface area contributed by atoms with E-state index in [1.54, 1.807) is 13.8 Å². The number of carboxylic acid groups (broad SMARTS) is 2. The molecule has 224 valence electrons. The molecule has 39 heavy (non-hydrogen) atoms. The van der Waals surface area contributed by atoms with E-state index in [2.05, 4.69) is 21.3 Å². The van der Waals surface area contributed by atoms with Gasteiger partial charge in [-0.05, 0) is 58.0 Å². The molecule has 0 fully saturated rings. The molecular weight excluding hydrogens is 514 g/mol. The largest absolute Gasteiger partial charge is 0.481 e. The number of rotatable bonds is 20. The van der Waals surface area contributed by atoms with Gasteiger partial charge in [-0.15, -0.1) is 0 Å². The van der Waals surface area contributed by atoms with Crippen LogP contribution in [0.25, 0.3) is 0 Å². The molecular formula is C24H45N7O8. The van der Waals surface area contributed by atoms with Gasteiger partial charge in [-0.3, -0.25) is 24.0 Å². The SMILES string of the molecule is CC(C)[C@H](NC(=O)[C@H](C)NC(=O)[C@@H](N)CCCCN)C(=O)N[C@@H](CC(=O)O)C(=O)N[C@@H](CCCCN)C(=O)O. The first kappa shape index (κ1) is 35.7. The van der Waals surface area contributed by atoms with Crippen molar-refractivity contribution < 1.29 is 39.0 Å². The minimum Gasteiger partial charge on any atom is -0.481 e. The fraction of sp³-hybridized carbons (Fsp3) is 0.750. The van der Waals surface area contributed by atoms with Crippen molar-refractivity contribution in [3.63, 3.8) is 0 Å². The zero-order valence-corrected chi connectivity index (χ0v) is 22.9. The van der Waals surface area contributed by atoms with Crippen molar-refractivity contribution in [1.82, 2.24) is 21.3 Å². The molecule has 0 aromatic heterocycles. The van der Waals surface area contributed by atoms with Gasteiger partial charge in [-0.2, -0.15) is 0 Å². The summed E-state index contributed by atoms with van der Waals surface area (Å²) >= 11 is 0. The molecule has 0 aliphatic carbocycles. The Morgan fingerprint density at radius 1 is 0.667 bits per heavy atom. The van der Waals surface area contributed by atoms with Crippen LogP contribution in [0.3, 0.4) is 0 Å². The highest BCUT2D eigenvalue weighted by atomic mass is 16.4. The lowest BCUT2D eigenvalue weighted by molar-refractivity contribution is -0.144. The minimum absolute atomic E-state index is 0.0664. The van der Waals surface area contributed by atoms with Crippen LogP contribution in [0.5, 0.6) is 0 Å². The summed E-state index contributed by atoms with van der Waals surface area (Å²) in [6.45, 7) is 5.45. The Morgan fingerprint density at radius 3 is 1.69 bits per heavy atom. The fourth-order valence-electron chi connectivity index (χ4n) is 3.51. The molecule has 0 aromatic rings. The zero-order valence-electron chi connectivity index (χ0n) is 22.9. The highest BCUT2D eigenvalue weighted by Gasteiger charge is 2.33. The topological polar surface area (TPSA) is 269 Å². The van der Waals surface area contributed by atoms with E-state index >= 15 is 0 Å². The zero-order chi connectivity index (χ0) is 30.1. The van der Waals surface area contributed by atoms with Crippen molar-refractivity contribution >= 4 is 35.6 Å². The quantitative estimate of drug-likeness (QED) is 0.0718. The molecule has 0 bridgehead atoms. The van der Waals surface area contributed by atoms with E-state index in [0.29, 0.717) is 45.2 Å². The average Bonchev–Trinajstić information content (AvgIpc) is 2.85. The Morgan fingerprint density at radius 2 is 1.21 bits per heavy atom. The van der Waals surface area contributed by atoms with Crippen molar-refractivity contribution in [2.24, 2.45) is 23.1 Å². The molecule has 0 radical (unpaired) electrons. The van der Waals surface area contributed by atoms with E-state index in [-0.39, 0.29) is 6.42 Å². The van der Waals surface area contributed by atoms with Crippen molar-refractivity contribution in [3.8, 4) is 0 Å². The van der Waals surface area contributed by atoms with E-state index < -0.39 is 78.1 Å². The number of carbonyl (C=O) groups is 6. The van der Waals surface area contributed by atoms with Crippen molar-refractivity contribution in [2.75, 3.05) is 13.1 Å². The number of hydrogen-bond acceptors (Lipinski definition) is 9. The standard InChI is InChI=1S/C24H45N7O8/c1-13(2)19(31-20(34)14(3)28-21(35)15(27)8-4-6-10-25)23(37)30-17(12-18(32)33)22(36)29-16(24(38)39)9-5-7-11-26/h13-17,19H,4-12,25-27H2,1-3H3,(H,28,35)(H,29,36)(H,30,37)(H,31,34)(H,32,33)(H,38,39)/t14-,15-,16-,17-,19-/m0/s1. The second-order valence-corrected chi connectivity index (χ2v) is 9.69. The molecule has 0 saturated carbocycles. The van der Waals surface area contributed by atoms with Crippen molar-refractivity contribution in [1.29, 1.82) is 0 Å². The molecule has 0 aliphatic rings. The number of carboxylic acids is 2. The molecule has 0 aliphatic heterocycles. The normalized spacial score (nSPS) is 14.8. The molecule has 15 nitrogen and oxygen atoms in total. The maximum atomic E-state index is 13.0. The number of unbranched alkanes of at least 4 members (excludes halogenated alkanes) is 2. The van der Waals surface area contributed by atoms with Gasteiger partial charge in [-0.1, -0.05) is 20.3 Å². The summed E-state index contributed by atoms with van der Waals surface area (Å²) < 4.78 is 0. The molecule has 5 atom stereocenters. The Hall–Kier alpha value is -3.30. The van der Waals surface area contributed by atoms with Crippen LogP contribution in [0, 0.1) is 5.92 Å². The predicted octanol–water partition coefficient (Wildman–Crippen LogP) is -2.25. The van der Waals surface area contributed by atoms with Gasteiger partial charge >= 0.3 is 11.9 Å². The van der Waals surface area contributed by atoms with Crippen LogP contribution in [-0.2, 0) is 28.8 Å². The summed E-state index contributed by atoms with van der Waals surface area (Å²) in [6.07, 6.45) is 1.93. The van der Waals surface area contributed by atoms with E-state index in [9.17, 15) is 39.0 Å². The highest BCUT2D eigenvalue weighted by Crippen LogP contribution is 2.07. The van der Waals surface area contributed by atoms with Gasteiger partial charge in [0.1, 0.15) is 24.2 Å². The first-order valence-corrected chi connectivity index (χ1v) is 13.1. The summed E-state index contributed by atoms with van der Waals surface area (Å²) in [5.41, 5.74) is 16.7. The second kappa shape index (κ2) is 18.9. The van der Waals surface area contributed by atoms with Gasteiger partial charge in [0, 0.05) is 0 Å². The summed E-state index contributed by atoms with van der Waals surface area (Å²) in [6, 6.07) is -5.98. The summed E-state index contributed by atoms with van der Waals surface area (Å²) in [7, 11) is 0. The first-order chi connectivity index (χ1) is 18.2.